The van der Waals surface area contributed by atoms with E-state index in [-0.39, 0.29) is 5.91 Å². The van der Waals surface area contributed by atoms with Crippen molar-refractivity contribution >= 4 is 22.9 Å². The Kier molecular flexibility index (Phi) is 4.76. The number of nitrogens with zero attached hydrogens (tertiary/aromatic N) is 1. The van der Waals surface area contributed by atoms with E-state index in [4.69, 9.17) is 0 Å². The highest BCUT2D eigenvalue weighted by atomic mass is 32.1. The molecule has 3 aromatic rings. The Labute approximate surface area is 146 Å². The first-order chi connectivity index (χ1) is 11.6. The fourth-order valence-corrected chi connectivity index (χ4v) is 3.61. The summed E-state index contributed by atoms with van der Waals surface area (Å²) in [5.41, 5.74) is 4.45. The summed E-state index contributed by atoms with van der Waals surface area (Å²) in [6.07, 6.45) is 2.60. The van der Waals surface area contributed by atoms with Crippen molar-refractivity contribution in [3.8, 4) is 10.6 Å². The van der Waals surface area contributed by atoms with Crippen molar-refractivity contribution in [2.24, 2.45) is 0 Å². The summed E-state index contributed by atoms with van der Waals surface area (Å²) in [6, 6.07) is 13.8. The number of aromatic nitrogens is 1. The standard InChI is InChI=1S/C20H20N2OS/c1-4-15-8-5-7-13(2)18(15)22-20(23)16-9-6-12-21-19(16)17-11-10-14(3)24-17/h5-12H,4H2,1-3H3,(H,22,23). The average Bonchev–Trinajstić information content (AvgIpc) is 3.03. The molecule has 1 N–H and O–H groups in total. The van der Waals surface area contributed by atoms with E-state index in [1.807, 2.05) is 37.3 Å². The first-order valence-corrected chi connectivity index (χ1v) is 8.83. The van der Waals surface area contributed by atoms with Crippen LogP contribution in [0.4, 0.5) is 5.69 Å². The summed E-state index contributed by atoms with van der Waals surface area (Å²) < 4.78 is 0. The summed E-state index contributed by atoms with van der Waals surface area (Å²) in [5.74, 6) is -0.117. The molecule has 0 bridgehead atoms. The first-order valence-electron chi connectivity index (χ1n) is 8.01. The van der Waals surface area contributed by atoms with Gasteiger partial charge < -0.3 is 5.32 Å². The SMILES string of the molecule is CCc1cccc(C)c1NC(=O)c1cccnc1-c1ccc(C)s1. The van der Waals surface area contributed by atoms with Crippen molar-refractivity contribution < 1.29 is 4.79 Å². The highest BCUT2D eigenvalue weighted by Crippen LogP contribution is 2.29. The van der Waals surface area contributed by atoms with E-state index < -0.39 is 0 Å². The maximum absolute atomic E-state index is 12.9. The van der Waals surface area contributed by atoms with Crippen LogP contribution in [0.3, 0.4) is 0 Å². The van der Waals surface area contributed by atoms with Crippen LogP contribution in [-0.4, -0.2) is 10.9 Å². The molecule has 0 aliphatic carbocycles. The van der Waals surface area contributed by atoms with E-state index in [9.17, 15) is 4.79 Å². The zero-order chi connectivity index (χ0) is 17.1. The molecule has 0 radical (unpaired) electrons. The number of amides is 1. The van der Waals surface area contributed by atoms with Crippen molar-refractivity contribution in [1.82, 2.24) is 4.98 Å². The molecule has 3 nitrogen and oxygen atoms in total. The number of para-hydroxylation sites is 1. The second-order valence-corrected chi connectivity index (χ2v) is 7.01. The number of rotatable bonds is 4. The highest BCUT2D eigenvalue weighted by Gasteiger charge is 2.17. The fraction of sp³-hybridized carbons (Fsp3) is 0.200. The second kappa shape index (κ2) is 6.97. The second-order valence-electron chi connectivity index (χ2n) is 5.73. The quantitative estimate of drug-likeness (QED) is 0.708. The summed E-state index contributed by atoms with van der Waals surface area (Å²) in [6.45, 7) is 6.16. The molecule has 0 atom stereocenters. The maximum Gasteiger partial charge on any atom is 0.257 e. The van der Waals surface area contributed by atoms with Crippen LogP contribution in [-0.2, 0) is 6.42 Å². The van der Waals surface area contributed by atoms with Gasteiger partial charge >= 0.3 is 0 Å². The van der Waals surface area contributed by atoms with Crippen molar-refractivity contribution in [2.75, 3.05) is 5.32 Å². The Hall–Kier alpha value is -2.46. The number of thiophene rings is 1. The smallest absolute Gasteiger partial charge is 0.257 e. The number of carbonyl (C=O) groups excluding carboxylic acids is 1. The zero-order valence-corrected chi connectivity index (χ0v) is 14.9. The van der Waals surface area contributed by atoms with E-state index in [0.717, 1.165) is 33.8 Å². The molecule has 0 spiro atoms. The molecule has 0 aliphatic heterocycles. The number of carbonyl (C=O) groups is 1. The van der Waals surface area contributed by atoms with Gasteiger partial charge in [-0.05, 0) is 55.7 Å². The maximum atomic E-state index is 12.9. The molecule has 1 aromatic carbocycles. The van der Waals surface area contributed by atoms with Crippen LogP contribution in [0.25, 0.3) is 10.6 Å². The molecule has 0 saturated heterocycles. The predicted octanol–water partition coefficient (Wildman–Crippen LogP) is 5.24. The predicted molar refractivity (Wildman–Crippen MR) is 101 cm³/mol. The van der Waals surface area contributed by atoms with E-state index in [1.54, 1.807) is 23.6 Å². The van der Waals surface area contributed by atoms with Crippen LogP contribution in [0.15, 0.2) is 48.7 Å². The summed E-state index contributed by atoms with van der Waals surface area (Å²) in [5, 5.41) is 3.09. The minimum atomic E-state index is -0.117. The minimum absolute atomic E-state index is 0.117. The summed E-state index contributed by atoms with van der Waals surface area (Å²) in [7, 11) is 0. The minimum Gasteiger partial charge on any atom is -0.321 e. The van der Waals surface area contributed by atoms with Crippen molar-refractivity contribution in [3.05, 3.63) is 70.2 Å². The number of benzene rings is 1. The molecule has 4 heteroatoms. The van der Waals surface area contributed by atoms with Crippen molar-refractivity contribution in [3.63, 3.8) is 0 Å². The van der Waals surface area contributed by atoms with Gasteiger partial charge in [0.25, 0.3) is 5.91 Å². The third-order valence-corrected chi connectivity index (χ3v) is 5.01. The first kappa shape index (κ1) is 16.4. The number of aryl methyl sites for hydroxylation is 3. The Bertz CT molecular complexity index is 883. The molecule has 0 saturated carbocycles. The van der Waals surface area contributed by atoms with Crippen molar-refractivity contribution in [1.29, 1.82) is 0 Å². The molecule has 0 unspecified atom stereocenters. The molecule has 2 heterocycles. The molecule has 0 fully saturated rings. The van der Waals surface area contributed by atoms with Crippen LogP contribution in [0, 0.1) is 13.8 Å². The molecule has 2 aromatic heterocycles. The van der Waals surface area contributed by atoms with Gasteiger partial charge in [0.2, 0.25) is 0 Å². The molecular formula is C20H20N2OS. The molecule has 0 aliphatic rings. The van der Waals surface area contributed by atoms with Gasteiger partial charge in [-0.2, -0.15) is 0 Å². The van der Waals surface area contributed by atoms with E-state index in [2.05, 4.69) is 30.2 Å². The number of hydrogen-bond donors (Lipinski definition) is 1. The Morgan fingerprint density at radius 1 is 1.12 bits per heavy atom. The third-order valence-electron chi connectivity index (χ3n) is 4.00. The van der Waals surface area contributed by atoms with Crippen LogP contribution < -0.4 is 5.32 Å². The van der Waals surface area contributed by atoms with E-state index >= 15 is 0 Å². The number of pyridine rings is 1. The van der Waals surface area contributed by atoms with E-state index in [0.29, 0.717) is 5.56 Å². The average molecular weight is 336 g/mol. The lowest BCUT2D eigenvalue weighted by molar-refractivity contribution is 0.102. The lowest BCUT2D eigenvalue weighted by Gasteiger charge is -2.14. The Morgan fingerprint density at radius 3 is 2.67 bits per heavy atom. The van der Waals surface area contributed by atoms with Gasteiger partial charge in [-0.25, -0.2) is 0 Å². The van der Waals surface area contributed by atoms with Gasteiger partial charge in [0.05, 0.1) is 16.1 Å². The Morgan fingerprint density at radius 2 is 1.96 bits per heavy atom. The van der Waals surface area contributed by atoms with Crippen LogP contribution >= 0.6 is 11.3 Å². The summed E-state index contributed by atoms with van der Waals surface area (Å²) in [4.78, 5) is 19.5. The number of anilines is 1. The Balaban J connectivity index is 1.98. The normalized spacial score (nSPS) is 10.6. The van der Waals surface area contributed by atoms with Gasteiger partial charge in [-0.1, -0.05) is 25.1 Å². The van der Waals surface area contributed by atoms with Gasteiger partial charge in [-0.15, -0.1) is 11.3 Å². The van der Waals surface area contributed by atoms with Gasteiger partial charge in [0.15, 0.2) is 0 Å². The van der Waals surface area contributed by atoms with E-state index in [1.165, 1.54) is 4.88 Å². The van der Waals surface area contributed by atoms with Gasteiger partial charge in [0, 0.05) is 16.8 Å². The van der Waals surface area contributed by atoms with Gasteiger partial charge in [0.1, 0.15) is 0 Å². The number of nitrogens with one attached hydrogen (secondary N) is 1. The van der Waals surface area contributed by atoms with Gasteiger partial charge in [-0.3, -0.25) is 9.78 Å². The highest BCUT2D eigenvalue weighted by molar-refractivity contribution is 7.15. The third kappa shape index (κ3) is 3.24. The summed E-state index contributed by atoms with van der Waals surface area (Å²) >= 11 is 1.65. The molecular weight excluding hydrogens is 316 g/mol. The topological polar surface area (TPSA) is 42.0 Å². The number of hydrogen-bond acceptors (Lipinski definition) is 3. The molecule has 1 amide bonds. The lowest BCUT2D eigenvalue weighted by Crippen LogP contribution is -2.15. The molecule has 122 valence electrons. The molecule has 3 rings (SSSR count). The fourth-order valence-electron chi connectivity index (χ4n) is 2.73. The molecule has 24 heavy (non-hydrogen) atoms. The zero-order valence-electron chi connectivity index (χ0n) is 14.1. The largest absolute Gasteiger partial charge is 0.321 e. The van der Waals surface area contributed by atoms with Crippen LogP contribution in [0.1, 0.15) is 33.3 Å². The van der Waals surface area contributed by atoms with Crippen LogP contribution in [0.2, 0.25) is 0 Å². The monoisotopic (exact) mass is 336 g/mol. The van der Waals surface area contributed by atoms with Crippen LogP contribution in [0.5, 0.6) is 0 Å². The lowest BCUT2D eigenvalue weighted by atomic mass is 10.0. The van der Waals surface area contributed by atoms with Crippen molar-refractivity contribution in [2.45, 2.75) is 27.2 Å².